The molecule has 0 saturated heterocycles. The Hall–Kier alpha value is -3.21. The van der Waals surface area contributed by atoms with Crippen LogP contribution >= 0.6 is 0 Å². The van der Waals surface area contributed by atoms with Crippen LogP contribution in [0.1, 0.15) is 5.76 Å². The molecule has 0 aliphatic rings. The lowest BCUT2D eigenvalue weighted by Crippen LogP contribution is -1.96. The fraction of sp³-hybridized carbons (Fsp3) is 0.0556. The van der Waals surface area contributed by atoms with Gasteiger partial charge in [-0.05, 0) is 49.4 Å². The molecule has 0 spiro atoms. The molecule has 5 nitrogen and oxygen atoms in total. The Morgan fingerprint density at radius 2 is 1.87 bits per heavy atom. The minimum atomic E-state index is 0.676. The second-order valence-electron chi connectivity index (χ2n) is 5.20. The van der Waals surface area contributed by atoms with Crippen molar-refractivity contribution in [1.29, 1.82) is 0 Å². The highest BCUT2D eigenvalue weighted by atomic mass is 16.3. The van der Waals surface area contributed by atoms with Gasteiger partial charge in [0.2, 0.25) is 0 Å². The van der Waals surface area contributed by atoms with Crippen molar-refractivity contribution in [2.75, 3.05) is 5.32 Å². The van der Waals surface area contributed by atoms with Crippen LogP contribution in [-0.2, 0) is 0 Å². The summed E-state index contributed by atoms with van der Waals surface area (Å²) in [6, 6.07) is 13.5. The minimum Gasteiger partial charge on any atom is -0.460 e. The van der Waals surface area contributed by atoms with Gasteiger partial charge in [-0.2, -0.15) is 0 Å². The van der Waals surface area contributed by atoms with Crippen LogP contribution in [0.4, 0.5) is 11.4 Å². The van der Waals surface area contributed by atoms with Crippen LogP contribution in [0.5, 0.6) is 0 Å². The Labute approximate surface area is 133 Å². The van der Waals surface area contributed by atoms with Crippen LogP contribution in [0.25, 0.3) is 22.5 Å². The predicted molar refractivity (Wildman–Crippen MR) is 89.5 cm³/mol. The molecule has 0 amide bonds. The molecule has 0 fully saturated rings. The second kappa shape index (κ2) is 5.53. The molecule has 1 N–H and O–H groups in total. The lowest BCUT2D eigenvalue weighted by molar-refractivity contribution is 0.546. The zero-order valence-electron chi connectivity index (χ0n) is 12.5. The summed E-state index contributed by atoms with van der Waals surface area (Å²) in [5.41, 5.74) is 3.31. The molecule has 0 aliphatic carbocycles. The Balaban J connectivity index is 1.87. The molecule has 4 rings (SSSR count). The molecule has 0 aromatic carbocycles. The van der Waals surface area contributed by atoms with E-state index in [0.29, 0.717) is 5.65 Å². The van der Waals surface area contributed by atoms with E-state index in [4.69, 9.17) is 4.42 Å². The molecular weight excluding hydrogens is 288 g/mol. The maximum absolute atomic E-state index is 5.70. The number of hydrogen-bond acceptors (Lipinski definition) is 5. The highest BCUT2D eigenvalue weighted by Gasteiger charge is 2.11. The van der Waals surface area contributed by atoms with E-state index in [1.54, 1.807) is 18.6 Å². The van der Waals surface area contributed by atoms with E-state index in [2.05, 4.69) is 20.3 Å². The SMILES string of the molecule is Cc1ccc(-c2cc(Nc3ccncc3)c3cccnc3n2)o1. The highest BCUT2D eigenvalue weighted by molar-refractivity contribution is 5.93. The highest BCUT2D eigenvalue weighted by Crippen LogP contribution is 2.30. The first-order valence-electron chi connectivity index (χ1n) is 7.29. The maximum Gasteiger partial charge on any atom is 0.162 e. The number of rotatable bonds is 3. The molecule has 0 unspecified atom stereocenters. The molecule has 4 aromatic heterocycles. The van der Waals surface area contributed by atoms with Crippen LogP contribution in [0, 0.1) is 6.92 Å². The van der Waals surface area contributed by atoms with Gasteiger partial charge in [-0.1, -0.05) is 0 Å². The Morgan fingerprint density at radius 3 is 2.65 bits per heavy atom. The van der Waals surface area contributed by atoms with Gasteiger partial charge in [0.1, 0.15) is 11.5 Å². The third-order valence-electron chi connectivity index (χ3n) is 3.54. The fourth-order valence-electron chi connectivity index (χ4n) is 2.45. The number of nitrogens with zero attached hydrogens (tertiary/aromatic N) is 3. The molecular formula is C18H14N4O. The molecule has 5 heteroatoms. The third-order valence-corrected chi connectivity index (χ3v) is 3.54. The standard InChI is InChI=1S/C18H14N4O/c1-12-4-5-17(23-12)16-11-15(21-13-6-9-19-10-7-13)14-3-2-8-20-18(14)22-16/h2-11H,1H3,(H,19,20,21,22). The van der Waals surface area contributed by atoms with Gasteiger partial charge in [-0.15, -0.1) is 0 Å². The zero-order chi connectivity index (χ0) is 15.6. The van der Waals surface area contributed by atoms with Gasteiger partial charge in [-0.3, -0.25) is 4.98 Å². The zero-order valence-corrected chi connectivity index (χ0v) is 12.5. The van der Waals surface area contributed by atoms with E-state index in [-0.39, 0.29) is 0 Å². The number of fused-ring (bicyclic) bond motifs is 1. The maximum atomic E-state index is 5.70. The number of aryl methyl sites for hydroxylation is 1. The molecule has 4 heterocycles. The number of pyridine rings is 3. The summed E-state index contributed by atoms with van der Waals surface area (Å²) < 4.78 is 5.70. The van der Waals surface area contributed by atoms with Gasteiger partial charge in [-0.25, -0.2) is 9.97 Å². The van der Waals surface area contributed by atoms with Crippen LogP contribution in [-0.4, -0.2) is 15.0 Å². The number of nitrogens with one attached hydrogen (secondary N) is 1. The fourth-order valence-corrected chi connectivity index (χ4v) is 2.45. The van der Waals surface area contributed by atoms with Crippen molar-refractivity contribution >= 4 is 22.4 Å². The van der Waals surface area contributed by atoms with E-state index in [9.17, 15) is 0 Å². The van der Waals surface area contributed by atoms with Crippen LogP contribution < -0.4 is 5.32 Å². The van der Waals surface area contributed by atoms with Gasteiger partial charge in [0, 0.05) is 29.7 Å². The summed E-state index contributed by atoms with van der Waals surface area (Å²) in [6.07, 6.45) is 5.24. The molecule has 0 bridgehead atoms. The summed E-state index contributed by atoms with van der Waals surface area (Å²) in [4.78, 5) is 13.0. The largest absolute Gasteiger partial charge is 0.460 e. The van der Waals surface area contributed by atoms with Crippen LogP contribution in [0.15, 0.2) is 65.5 Å². The molecule has 0 atom stereocenters. The number of hydrogen-bond donors (Lipinski definition) is 1. The second-order valence-corrected chi connectivity index (χ2v) is 5.20. The van der Waals surface area contributed by atoms with Gasteiger partial charge < -0.3 is 9.73 Å². The third kappa shape index (κ3) is 2.64. The number of anilines is 2. The summed E-state index contributed by atoms with van der Waals surface area (Å²) >= 11 is 0. The molecule has 23 heavy (non-hydrogen) atoms. The van der Waals surface area contributed by atoms with Gasteiger partial charge in [0.25, 0.3) is 0 Å². The Bertz CT molecular complexity index is 963. The van der Waals surface area contributed by atoms with Crippen molar-refractivity contribution in [1.82, 2.24) is 15.0 Å². The van der Waals surface area contributed by atoms with Gasteiger partial charge in [0.15, 0.2) is 11.4 Å². The monoisotopic (exact) mass is 302 g/mol. The smallest absolute Gasteiger partial charge is 0.162 e. The first kappa shape index (κ1) is 13.5. The van der Waals surface area contributed by atoms with Crippen LogP contribution in [0.3, 0.4) is 0 Å². The van der Waals surface area contributed by atoms with Crippen molar-refractivity contribution in [3.8, 4) is 11.5 Å². The Morgan fingerprint density at radius 1 is 1.00 bits per heavy atom. The lowest BCUT2D eigenvalue weighted by Gasteiger charge is -2.10. The van der Waals surface area contributed by atoms with E-state index >= 15 is 0 Å². The normalized spacial score (nSPS) is 10.8. The first-order chi connectivity index (χ1) is 11.3. The lowest BCUT2D eigenvalue weighted by atomic mass is 10.2. The van der Waals surface area contributed by atoms with Gasteiger partial charge in [0.05, 0.1) is 5.69 Å². The quantitative estimate of drug-likeness (QED) is 0.610. The number of aromatic nitrogens is 3. The molecule has 0 aliphatic heterocycles. The average Bonchev–Trinajstić information content (AvgIpc) is 3.02. The summed E-state index contributed by atoms with van der Waals surface area (Å²) in [6.45, 7) is 1.92. The molecule has 112 valence electrons. The molecule has 4 aromatic rings. The van der Waals surface area contributed by atoms with Crippen molar-refractivity contribution in [3.05, 3.63) is 66.8 Å². The van der Waals surface area contributed by atoms with E-state index in [0.717, 1.165) is 34.0 Å². The first-order valence-corrected chi connectivity index (χ1v) is 7.29. The van der Waals surface area contributed by atoms with E-state index in [1.165, 1.54) is 0 Å². The number of furan rings is 1. The van der Waals surface area contributed by atoms with E-state index in [1.807, 2.05) is 49.4 Å². The summed E-state index contributed by atoms with van der Waals surface area (Å²) in [5, 5.41) is 4.36. The topological polar surface area (TPSA) is 63.8 Å². The predicted octanol–water partition coefficient (Wildman–Crippen LogP) is 4.34. The van der Waals surface area contributed by atoms with Crippen LogP contribution in [0.2, 0.25) is 0 Å². The summed E-state index contributed by atoms with van der Waals surface area (Å²) in [7, 11) is 0. The Kier molecular flexibility index (Phi) is 3.24. The van der Waals surface area contributed by atoms with Crippen molar-refractivity contribution in [3.63, 3.8) is 0 Å². The van der Waals surface area contributed by atoms with Crippen molar-refractivity contribution in [2.24, 2.45) is 0 Å². The molecule has 0 radical (unpaired) electrons. The van der Waals surface area contributed by atoms with Gasteiger partial charge >= 0.3 is 0 Å². The average molecular weight is 302 g/mol. The van der Waals surface area contributed by atoms with Crippen molar-refractivity contribution in [2.45, 2.75) is 6.92 Å². The van der Waals surface area contributed by atoms with E-state index < -0.39 is 0 Å². The minimum absolute atomic E-state index is 0.676. The summed E-state index contributed by atoms with van der Waals surface area (Å²) in [5.74, 6) is 1.58. The molecule has 0 saturated carbocycles. The van der Waals surface area contributed by atoms with Crippen molar-refractivity contribution < 1.29 is 4.42 Å².